The number of hydrogen-bond acceptors (Lipinski definition) is 2. The lowest BCUT2D eigenvalue weighted by Gasteiger charge is -2.45. The fourth-order valence-corrected chi connectivity index (χ4v) is 7.64. The number of halogens is 3. The lowest BCUT2D eigenvalue weighted by atomic mass is 9.33. The van der Waals surface area contributed by atoms with E-state index in [9.17, 15) is 13.2 Å². The van der Waals surface area contributed by atoms with Crippen LogP contribution in [0.4, 0.5) is 47.3 Å². The molecule has 2 nitrogen and oxygen atoms in total. The summed E-state index contributed by atoms with van der Waals surface area (Å²) in [4.78, 5) is 4.45. The Hall–Kier alpha value is -4.45. The number of anilines is 6. The zero-order chi connectivity index (χ0) is 30.0. The van der Waals surface area contributed by atoms with Crippen molar-refractivity contribution in [3.05, 3.63) is 126 Å². The molecule has 218 valence electrons. The lowest BCUT2D eigenvalue weighted by molar-refractivity contribution is -0.137. The van der Waals surface area contributed by atoms with Crippen molar-refractivity contribution in [3.8, 4) is 0 Å². The predicted octanol–water partition coefficient (Wildman–Crippen LogP) is 9.14. The van der Waals surface area contributed by atoms with E-state index in [1.54, 1.807) is 6.07 Å². The van der Waals surface area contributed by atoms with Gasteiger partial charge in [0.25, 0.3) is 6.71 Å². The molecule has 0 aromatic heterocycles. The highest BCUT2D eigenvalue weighted by Gasteiger charge is 2.44. The third-order valence-electron chi connectivity index (χ3n) is 9.71. The van der Waals surface area contributed by atoms with E-state index in [-0.39, 0.29) is 6.71 Å². The summed E-state index contributed by atoms with van der Waals surface area (Å²) in [5.74, 6) is 0.418. The molecule has 1 saturated carbocycles. The second-order valence-electron chi connectivity index (χ2n) is 12.4. The molecule has 0 spiro atoms. The minimum atomic E-state index is -4.44. The Labute approximate surface area is 256 Å². The van der Waals surface area contributed by atoms with Gasteiger partial charge in [-0.25, -0.2) is 0 Å². The predicted molar refractivity (Wildman–Crippen MR) is 176 cm³/mol. The summed E-state index contributed by atoms with van der Waals surface area (Å²) < 4.78 is 42.7. The molecule has 0 saturated heterocycles. The first kappa shape index (κ1) is 27.1. The molecule has 1 aliphatic carbocycles. The number of aryl methyl sites for hydroxylation is 1. The van der Waals surface area contributed by atoms with Gasteiger partial charge in [-0.15, -0.1) is 0 Å². The molecule has 44 heavy (non-hydrogen) atoms. The minimum Gasteiger partial charge on any atom is -0.311 e. The Kier molecular flexibility index (Phi) is 6.37. The van der Waals surface area contributed by atoms with Gasteiger partial charge >= 0.3 is 6.18 Å². The second-order valence-corrected chi connectivity index (χ2v) is 12.4. The molecule has 0 N–H and O–H groups in total. The molecular weight excluding hydrogens is 552 g/mol. The Balaban J connectivity index is 1.47. The highest BCUT2D eigenvalue weighted by molar-refractivity contribution is 7.00. The third-order valence-corrected chi connectivity index (χ3v) is 9.71. The van der Waals surface area contributed by atoms with Crippen LogP contribution >= 0.6 is 0 Å². The minimum absolute atomic E-state index is 0.199. The number of rotatable bonds is 3. The molecular formula is C38H32BF3N2. The van der Waals surface area contributed by atoms with Gasteiger partial charge in [-0.1, -0.05) is 85.5 Å². The normalized spacial score (nSPS) is 16.0. The molecule has 0 amide bonds. The van der Waals surface area contributed by atoms with Crippen molar-refractivity contribution in [2.75, 3.05) is 9.80 Å². The number of alkyl halides is 3. The quantitative estimate of drug-likeness (QED) is 0.191. The molecule has 0 radical (unpaired) electrons. The van der Waals surface area contributed by atoms with E-state index in [2.05, 4.69) is 71.3 Å². The van der Waals surface area contributed by atoms with Crippen LogP contribution in [0.3, 0.4) is 0 Å². The van der Waals surface area contributed by atoms with Gasteiger partial charge in [-0.05, 0) is 96.2 Å². The summed E-state index contributed by atoms with van der Waals surface area (Å²) in [7, 11) is 0. The van der Waals surface area contributed by atoms with Crippen LogP contribution in [0.1, 0.15) is 54.7 Å². The van der Waals surface area contributed by atoms with E-state index in [0.29, 0.717) is 11.6 Å². The Morgan fingerprint density at radius 1 is 0.614 bits per heavy atom. The fourth-order valence-electron chi connectivity index (χ4n) is 7.64. The van der Waals surface area contributed by atoms with Gasteiger partial charge in [0.15, 0.2) is 0 Å². The number of fused-ring (bicyclic) bond motifs is 4. The molecule has 0 atom stereocenters. The first-order valence-electron chi connectivity index (χ1n) is 15.6. The SMILES string of the molecule is Cc1ccc(N2c3ccccc3B3c4ccc(C(F)(F)F)cc4N(c4ccccc4)c4cc(C5CCCCC5)cc2c43)cc1. The first-order chi connectivity index (χ1) is 21.4. The van der Waals surface area contributed by atoms with E-state index in [1.807, 2.05) is 36.4 Å². The second kappa shape index (κ2) is 10.3. The highest BCUT2D eigenvalue weighted by atomic mass is 19.4. The fraction of sp³-hybridized carbons (Fsp3) is 0.211. The highest BCUT2D eigenvalue weighted by Crippen LogP contribution is 2.47. The van der Waals surface area contributed by atoms with Crippen LogP contribution in [0, 0.1) is 6.92 Å². The zero-order valence-corrected chi connectivity index (χ0v) is 24.6. The van der Waals surface area contributed by atoms with E-state index >= 15 is 0 Å². The Morgan fingerprint density at radius 3 is 1.93 bits per heavy atom. The van der Waals surface area contributed by atoms with E-state index in [0.717, 1.165) is 57.7 Å². The van der Waals surface area contributed by atoms with Crippen LogP contribution in [0.15, 0.2) is 109 Å². The van der Waals surface area contributed by atoms with E-state index < -0.39 is 11.7 Å². The van der Waals surface area contributed by atoms with Gasteiger partial charge in [-0.2, -0.15) is 13.2 Å². The number of hydrogen-bond donors (Lipinski definition) is 0. The molecule has 2 heterocycles. The summed E-state index contributed by atoms with van der Waals surface area (Å²) in [5, 5.41) is 0. The van der Waals surface area contributed by atoms with Crippen LogP contribution in [0.5, 0.6) is 0 Å². The third kappa shape index (κ3) is 4.34. The summed E-state index contributed by atoms with van der Waals surface area (Å²) in [6, 6.07) is 35.9. The van der Waals surface area contributed by atoms with Gasteiger partial charge in [-0.3, -0.25) is 0 Å². The molecule has 6 heteroatoms. The molecule has 1 fully saturated rings. The molecule has 0 bridgehead atoms. The van der Waals surface area contributed by atoms with Gasteiger partial charge in [0.1, 0.15) is 0 Å². The van der Waals surface area contributed by atoms with Crippen molar-refractivity contribution in [2.24, 2.45) is 0 Å². The number of para-hydroxylation sites is 2. The molecule has 5 aromatic carbocycles. The monoisotopic (exact) mass is 584 g/mol. The van der Waals surface area contributed by atoms with Crippen molar-refractivity contribution < 1.29 is 13.2 Å². The van der Waals surface area contributed by atoms with E-state index in [1.165, 1.54) is 42.5 Å². The first-order valence-corrected chi connectivity index (χ1v) is 15.6. The molecule has 2 aliphatic heterocycles. The smallest absolute Gasteiger partial charge is 0.311 e. The number of benzene rings is 5. The Morgan fingerprint density at radius 2 is 1.23 bits per heavy atom. The van der Waals surface area contributed by atoms with Crippen LogP contribution in [-0.2, 0) is 6.18 Å². The molecule has 0 unspecified atom stereocenters. The summed E-state index contributed by atoms with van der Waals surface area (Å²) in [6.07, 6.45) is 1.46. The zero-order valence-electron chi connectivity index (χ0n) is 24.6. The standard InChI is InChI=1S/C38H32BF3N2/c1-25-16-19-30(20-17-25)43-33-15-9-8-14-31(33)39-32-21-18-28(38(40,41)42)24-34(32)44(29-12-6-3-7-13-29)36-23-27(22-35(43)37(36)39)26-10-4-2-5-11-26/h3,6-9,12-24,26H,2,4-5,10-11H2,1H3. The maximum Gasteiger partial charge on any atom is 0.416 e. The van der Waals surface area contributed by atoms with Crippen LogP contribution in [-0.4, -0.2) is 6.71 Å². The van der Waals surface area contributed by atoms with Gasteiger partial charge in [0, 0.05) is 34.1 Å². The van der Waals surface area contributed by atoms with E-state index in [4.69, 9.17) is 0 Å². The van der Waals surface area contributed by atoms with Crippen molar-refractivity contribution in [1.29, 1.82) is 0 Å². The summed E-state index contributed by atoms with van der Waals surface area (Å²) in [6.45, 7) is 1.90. The summed E-state index contributed by atoms with van der Waals surface area (Å²) >= 11 is 0. The number of nitrogens with zero attached hydrogens (tertiary/aromatic N) is 2. The largest absolute Gasteiger partial charge is 0.416 e. The molecule has 5 aromatic rings. The van der Waals surface area contributed by atoms with Gasteiger partial charge in [0.05, 0.1) is 5.56 Å². The molecule has 8 rings (SSSR count). The topological polar surface area (TPSA) is 6.48 Å². The average molecular weight is 584 g/mol. The summed E-state index contributed by atoms with van der Waals surface area (Å²) in [5.41, 5.74) is 10.6. The van der Waals surface area contributed by atoms with Crippen molar-refractivity contribution in [1.82, 2.24) is 0 Å². The van der Waals surface area contributed by atoms with Crippen LogP contribution in [0.25, 0.3) is 0 Å². The van der Waals surface area contributed by atoms with Crippen LogP contribution < -0.4 is 26.2 Å². The van der Waals surface area contributed by atoms with Crippen molar-refractivity contribution in [3.63, 3.8) is 0 Å². The average Bonchev–Trinajstić information content (AvgIpc) is 3.05. The lowest BCUT2D eigenvalue weighted by Crippen LogP contribution is -2.61. The Bertz CT molecular complexity index is 1860. The maximum absolute atomic E-state index is 14.2. The molecule has 3 aliphatic rings. The van der Waals surface area contributed by atoms with Crippen LogP contribution in [0.2, 0.25) is 0 Å². The van der Waals surface area contributed by atoms with Crippen molar-refractivity contribution >= 4 is 57.2 Å². The van der Waals surface area contributed by atoms with Crippen molar-refractivity contribution in [2.45, 2.75) is 51.1 Å². The van der Waals surface area contributed by atoms with Gasteiger partial charge < -0.3 is 9.80 Å². The maximum atomic E-state index is 14.2. The van der Waals surface area contributed by atoms with Gasteiger partial charge in [0.2, 0.25) is 0 Å².